The van der Waals surface area contributed by atoms with Crippen LogP contribution < -0.4 is 5.30 Å². The normalized spacial score (nSPS) is 25.3. The second-order valence-electron chi connectivity index (χ2n) is 7.61. The van der Waals surface area contributed by atoms with Gasteiger partial charge in [0.25, 0.3) is 0 Å². The lowest BCUT2D eigenvalue weighted by Crippen LogP contribution is -2.40. The van der Waals surface area contributed by atoms with Crippen LogP contribution in [0.25, 0.3) is 10.8 Å². The molecule has 2 aliphatic rings. The Balaban J connectivity index is 1.40. The number of hydrogen-bond donors (Lipinski definition) is 0. The van der Waals surface area contributed by atoms with Gasteiger partial charge in [0.05, 0.1) is 4.90 Å². The molecule has 0 N–H and O–H groups in total. The molecule has 3 aromatic rings. The van der Waals surface area contributed by atoms with Crippen LogP contribution >= 0.6 is 7.92 Å². The van der Waals surface area contributed by atoms with E-state index in [0.717, 1.165) is 18.1 Å². The van der Waals surface area contributed by atoms with Gasteiger partial charge in [0.1, 0.15) is 0 Å². The Morgan fingerprint density at radius 3 is 2.41 bits per heavy atom. The van der Waals surface area contributed by atoms with Gasteiger partial charge in [0, 0.05) is 12.6 Å². The highest BCUT2D eigenvalue weighted by molar-refractivity contribution is 7.89. The fourth-order valence-electron chi connectivity index (χ4n) is 4.44. The fourth-order valence-corrected chi connectivity index (χ4v) is 9.52. The Morgan fingerprint density at radius 1 is 0.963 bits per heavy atom. The summed E-state index contributed by atoms with van der Waals surface area (Å²) in [4.78, 5) is 0.427. The molecule has 1 unspecified atom stereocenters. The Morgan fingerprint density at radius 2 is 1.70 bits per heavy atom. The monoisotopic (exact) mass is 395 g/mol. The molecule has 138 valence electrons. The van der Waals surface area contributed by atoms with Crippen LogP contribution in [0.15, 0.2) is 71.6 Å². The number of rotatable bonds is 3. The molecular formula is C22H22NO2PS. The van der Waals surface area contributed by atoms with Crippen molar-refractivity contribution in [2.75, 3.05) is 12.7 Å². The molecular weight excluding hydrogens is 373 g/mol. The van der Waals surface area contributed by atoms with Gasteiger partial charge in [-0.1, -0.05) is 62.0 Å². The van der Waals surface area contributed by atoms with Gasteiger partial charge in [-0.15, -0.1) is 0 Å². The average molecular weight is 395 g/mol. The van der Waals surface area contributed by atoms with Crippen LogP contribution in [0.1, 0.15) is 12.0 Å². The second kappa shape index (κ2) is 6.41. The van der Waals surface area contributed by atoms with Gasteiger partial charge in [0.15, 0.2) is 0 Å². The van der Waals surface area contributed by atoms with Crippen LogP contribution in [0.2, 0.25) is 0 Å². The lowest BCUT2D eigenvalue weighted by Gasteiger charge is -2.31. The minimum absolute atomic E-state index is 0.152. The van der Waals surface area contributed by atoms with Gasteiger partial charge < -0.3 is 0 Å². The average Bonchev–Trinajstić information content (AvgIpc) is 3.29. The van der Waals surface area contributed by atoms with Crippen LogP contribution in [0.5, 0.6) is 0 Å². The van der Waals surface area contributed by atoms with Crippen LogP contribution in [-0.4, -0.2) is 37.1 Å². The Labute approximate surface area is 161 Å². The van der Waals surface area contributed by atoms with E-state index in [1.807, 2.05) is 19.1 Å². The topological polar surface area (TPSA) is 37.4 Å². The molecule has 2 aliphatic heterocycles. The summed E-state index contributed by atoms with van der Waals surface area (Å²) in [7, 11) is -3.66. The van der Waals surface area contributed by atoms with E-state index < -0.39 is 10.0 Å². The predicted octanol–water partition coefficient (Wildman–Crippen LogP) is 4.10. The highest BCUT2D eigenvalue weighted by Crippen LogP contribution is 2.55. The molecule has 0 saturated carbocycles. The number of nitrogens with zero attached hydrogens (tertiary/aromatic N) is 1. The number of fused-ring (bicyclic) bond motifs is 3. The molecule has 5 rings (SSSR count). The van der Waals surface area contributed by atoms with E-state index in [1.165, 1.54) is 16.1 Å². The molecule has 0 radical (unpaired) electrons. The largest absolute Gasteiger partial charge is 0.243 e. The van der Waals surface area contributed by atoms with Crippen molar-refractivity contribution in [3.05, 3.63) is 72.3 Å². The summed E-state index contributed by atoms with van der Waals surface area (Å²) >= 11 is 0. The standard InChI is InChI=1S/C22H22NO2PS/c1-16-6-10-22(11-7-16)27(24,25)23-14-21-13-19(23)15-26(21)20-9-8-17-4-2-3-5-18(17)12-20/h2-12,19,21H,13-15H2,1H3/t19-,21+,26?/m0/s1. The zero-order valence-corrected chi connectivity index (χ0v) is 17.0. The number of aryl methyl sites for hydroxylation is 1. The first kappa shape index (κ1) is 17.4. The number of sulfonamides is 1. The summed E-state index contributed by atoms with van der Waals surface area (Å²) in [6.07, 6.45) is 1.99. The first-order valence-electron chi connectivity index (χ1n) is 9.36. The van der Waals surface area contributed by atoms with Crippen molar-refractivity contribution >= 4 is 34.0 Å². The van der Waals surface area contributed by atoms with Gasteiger partial charge in [-0.25, -0.2) is 8.42 Å². The molecule has 2 heterocycles. The molecule has 3 aromatic carbocycles. The molecule has 0 amide bonds. The van der Waals surface area contributed by atoms with E-state index >= 15 is 0 Å². The van der Waals surface area contributed by atoms with Gasteiger partial charge in [-0.05, 0) is 59.4 Å². The lowest BCUT2D eigenvalue weighted by atomic mass is 10.1. The van der Waals surface area contributed by atoms with Crippen LogP contribution in [-0.2, 0) is 10.0 Å². The highest BCUT2D eigenvalue weighted by atomic mass is 32.2. The van der Waals surface area contributed by atoms with Crippen molar-refractivity contribution < 1.29 is 8.42 Å². The smallest absolute Gasteiger partial charge is 0.207 e. The Hall–Kier alpha value is -1.74. The van der Waals surface area contributed by atoms with E-state index in [2.05, 4.69) is 42.5 Å². The van der Waals surface area contributed by atoms with Gasteiger partial charge in [0.2, 0.25) is 10.0 Å². The third kappa shape index (κ3) is 2.91. The van der Waals surface area contributed by atoms with Crippen LogP contribution in [0, 0.1) is 6.92 Å². The third-order valence-electron chi connectivity index (χ3n) is 5.88. The second-order valence-corrected chi connectivity index (χ2v) is 12.1. The summed E-state index contributed by atoms with van der Waals surface area (Å²) in [5, 5.41) is 3.97. The van der Waals surface area contributed by atoms with Crippen molar-refractivity contribution in [3.63, 3.8) is 0 Å². The molecule has 27 heavy (non-hydrogen) atoms. The fraction of sp³-hybridized carbons (Fsp3) is 0.273. The highest BCUT2D eigenvalue weighted by Gasteiger charge is 2.49. The molecule has 3 atom stereocenters. The summed E-state index contributed by atoms with van der Waals surface area (Å²) in [5.74, 6) is 0. The summed E-state index contributed by atoms with van der Waals surface area (Å²) in [6.45, 7) is 2.64. The molecule has 0 aliphatic carbocycles. The van der Waals surface area contributed by atoms with E-state index in [0.29, 0.717) is 17.1 Å². The molecule has 0 spiro atoms. The third-order valence-corrected chi connectivity index (χ3v) is 10.8. The van der Waals surface area contributed by atoms with Gasteiger partial charge in [-0.3, -0.25) is 0 Å². The maximum Gasteiger partial charge on any atom is 0.243 e. The van der Waals surface area contributed by atoms with Crippen molar-refractivity contribution in [1.29, 1.82) is 0 Å². The SMILES string of the molecule is Cc1ccc(S(=O)(=O)N2C[C@H]3C[C@H]2CP3c2ccc3ccccc3c2)cc1. The minimum Gasteiger partial charge on any atom is -0.207 e. The molecule has 5 heteroatoms. The quantitative estimate of drug-likeness (QED) is 0.626. The van der Waals surface area contributed by atoms with Crippen molar-refractivity contribution in [3.8, 4) is 0 Å². The summed E-state index contributed by atoms with van der Waals surface area (Å²) in [5.41, 5.74) is 1.56. The van der Waals surface area contributed by atoms with E-state index in [1.54, 1.807) is 16.4 Å². The van der Waals surface area contributed by atoms with E-state index in [9.17, 15) is 8.42 Å². The van der Waals surface area contributed by atoms with Crippen LogP contribution in [0.4, 0.5) is 0 Å². The van der Waals surface area contributed by atoms with E-state index in [-0.39, 0.29) is 14.0 Å². The zero-order chi connectivity index (χ0) is 18.6. The predicted molar refractivity (Wildman–Crippen MR) is 113 cm³/mol. The molecule has 2 fully saturated rings. The molecule has 0 aromatic heterocycles. The maximum absolute atomic E-state index is 13.1. The maximum atomic E-state index is 13.1. The van der Waals surface area contributed by atoms with Gasteiger partial charge in [-0.2, -0.15) is 4.31 Å². The number of hydrogen-bond acceptors (Lipinski definition) is 2. The van der Waals surface area contributed by atoms with Crippen molar-refractivity contribution in [1.82, 2.24) is 4.31 Å². The van der Waals surface area contributed by atoms with Crippen molar-refractivity contribution in [2.24, 2.45) is 0 Å². The summed E-state index contributed by atoms with van der Waals surface area (Å²) < 4.78 is 27.9. The van der Waals surface area contributed by atoms with Gasteiger partial charge >= 0.3 is 0 Å². The zero-order valence-electron chi connectivity index (χ0n) is 15.2. The summed E-state index contributed by atoms with van der Waals surface area (Å²) in [6, 6.07) is 22.6. The first-order valence-corrected chi connectivity index (χ1v) is 12.4. The van der Waals surface area contributed by atoms with E-state index in [4.69, 9.17) is 0 Å². The molecule has 2 saturated heterocycles. The number of benzene rings is 3. The first-order chi connectivity index (χ1) is 13.0. The lowest BCUT2D eigenvalue weighted by molar-refractivity contribution is 0.408. The Bertz CT molecular complexity index is 1110. The van der Waals surface area contributed by atoms with Crippen molar-refractivity contribution in [2.45, 2.75) is 29.9 Å². The Kier molecular flexibility index (Phi) is 4.12. The molecule has 3 nitrogen and oxygen atoms in total. The minimum atomic E-state index is -3.38. The van der Waals surface area contributed by atoms with Crippen LogP contribution in [0.3, 0.4) is 0 Å². The molecule has 2 bridgehead atoms.